The van der Waals surface area contributed by atoms with E-state index in [1.165, 1.54) is 16.4 Å². The van der Waals surface area contributed by atoms with E-state index in [4.69, 9.17) is 5.84 Å². The zero-order valence-electron chi connectivity index (χ0n) is 11.2. The molecule has 2 N–H and O–H groups in total. The van der Waals surface area contributed by atoms with Gasteiger partial charge in [-0.3, -0.25) is 0 Å². The lowest BCUT2D eigenvalue weighted by Crippen LogP contribution is -2.11. The molecular formula is C13H12BrN5S2. The fourth-order valence-electron chi connectivity index (χ4n) is 1.71. The molecule has 0 amide bonds. The van der Waals surface area contributed by atoms with Gasteiger partial charge in [-0.2, -0.15) is 0 Å². The van der Waals surface area contributed by atoms with Gasteiger partial charge in [0, 0.05) is 21.2 Å². The summed E-state index contributed by atoms with van der Waals surface area (Å²) in [5.74, 6) is 7.25. The fourth-order valence-corrected chi connectivity index (χ4v) is 3.83. The van der Waals surface area contributed by atoms with E-state index in [1.54, 1.807) is 11.3 Å². The Kier molecular flexibility index (Phi) is 4.27. The predicted octanol–water partition coefficient (Wildman–Crippen LogP) is 3.48. The number of nitrogen functional groups attached to an aromatic ring is 1. The van der Waals surface area contributed by atoms with E-state index in [0.717, 1.165) is 26.5 Å². The van der Waals surface area contributed by atoms with Crippen LogP contribution in [0.25, 0.3) is 10.6 Å². The molecule has 3 rings (SSSR count). The maximum absolute atomic E-state index is 5.83. The molecule has 0 radical (unpaired) electrons. The van der Waals surface area contributed by atoms with Crippen LogP contribution in [0.1, 0.15) is 11.5 Å². The molecule has 0 saturated heterocycles. The van der Waals surface area contributed by atoms with Crippen LogP contribution < -0.4 is 5.84 Å². The molecule has 0 bridgehead atoms. The maximum atomic E-state index is 5.83. The van der Waals surface area contributed by atoms with E-state index < -0.39 is 0 Å². The minimum absolute atomic E-state index is 0.699. The summed E-state index contributed by atoms with van der Waals surface area (Å²) in [6, 6.07) is 8.13. The van der Waals surface area contributed by atoms with Crippen molar-refractivity contribution in [2.24, 2.45) is 0 Å². The second kappa shape index (κ2) is 6.17. The molecule has 0 fully saturated rings. The minimum Gasteiger partial charge on any atom is -0.336 e. The summed E-state index contributed by atoms with van der Waals surface area (Å²) in [4.78, 5) is 4.65. The predicted molar refractivity (Wildman–Crippen MR) is 89.7 cm³/mol. The van der Waals surface area contributed by atoms with Gasteiger partial charge in [-0.25, -0.2) is 9.66 Å². The molecular weight excluding hydrogens is 370 g/mol. The summed E-state index contributed by atoms with van der Waals surface area (Å²) in [7, 11) is 0. The van der Waals surface area contributed by atoms with Gasteiger partial charge in [-0.1, -0.05) is 39.8 Å². The van der Waals surface area contributed by atoms with Crippen molar-refractivity contribution in [2.75, 3.05) is 5.84 Å². The number of nitrogens with zero attached hydrogens (tertiary/aromatic N) is 4. The lowest BCUT2D eigenvalue weighted by molar-refractivity contribution is 0.825. The van der Waals surface area contributed by atoms with Gasteiger partial charge in [0.25, 0.3) is 0 Å². The second-order valence-corrected chi connectivity index (χ2v) is 7.06. The molecule has 5 nitrogen and oxygen atoms in total. The van der Waals surface area contributed by atoms with Crippen molar-refractivity contribution in [1.29, 1.82) is 0 Å². The van der Waals surface area contributed by atoms with Crippen LogP contribution in [0.4, 0.5) is 0 Å². The topological polar surface area (TPSA) is 69.6 Å². The number of nitrogens with two attached hydrogens (primary N) is 1. The van der Waals surface area contributed by atoms with Gasteiger partial charge < -0.3 is 5.84 Å². The van der Waals surface area contributed by atoms with E-state index in [-0.39, 0.29) is 0 Å². The average molecular weight is 382 g/mol. The van der Waals surface area contributed by atoms with Crippen LogP contribution in [0.3, 0.4) is 0 Å². The first kappa shape index (κ1) is 14.6. The Labute approximate surface area is 138 Å². The summed E-state index contributed by atoms with van der Waals surface area (Å²) >= 11 is 6.65. The molecule has 0 aliphatic rings. The number of benzene rings is 1. The van der Waals surface area contributed by atoms with E-state index >= 15 is 0 Å². The number of hydrogen-bond donors (Lipinski definition) is 1. The van der Waals surface area contributed by atoms with Crippen molar-refractivity contribution in [1.82, 2.24) is 19.9 Å². The first-order chi connectivity index (χ1) is 10.1. The van der Waals surface area contributed by atoms with Crippen molar-refractivity contribution in [3.63, 3.8) is 0 Å². The number of hydrogen-bond acceptors (Lipinski definition) is 6. The zero-order valence-corrected chi connectivity index (χ0v) is 14.4. The number of aryl methyl sites for hydroxylation is 1. The van der Waals surface area contributed by atoms with Crippen LogP contribution >= 0.6 is 39.0 Å². The van der Waals surface area contributed by atoms with Crippen molar-refractivity contribution < 1.29 is 0 Å². The van der Waals surface area contributed by atoms with Crippen LogP contribution in [0.5, 0.6) is 0 Å². The summed E-state index contributed by atoms with van der Waals surface area (Å²) < 4.78 is 2.55. The van der Waals surface area contributed by atoms with E-state index in [1.807, 2.05) is 19.1 Å². The van der Waals surface area contributed by atoms with Gasteiger partial charge in [0.2, 0.25) is 5.16 Å². The minimum atomic E-state index is 0.699. The molecule has 0 aliphatic carbocycles. The van der Waals surface area contributed by atoms with Crippen LogP contribution in [-0.4, -0.2) is 19.9 Å². The van der Waals surface area contributed by atoms with Crippen LogP contribution in [0, 0.1) is 6.92 Å². The molecule has 8 heteroatoms. The number of halogens is 1. The molecule has 1 aromatic carbocycles. The molecule has 3 aromatic rings. The average Bonchev–Trinajstić information content (AvgIpc) is 3.06. The van der Waals surface area contributed by atoms with Gasteiger partial charge in [0.05, 0.1) is 5.69 Å². The van der Waals surface area contributed by atoms with Gasteiger partial charge >= 0.3 is 0 Å². The van der Waals surface area contributed by atoms with Crippen LogP contribution in [0.15, 0.2) is 39.3 Å². The molecule has 0 aliphatic heterocycles. The Balaban J connectivity index is 1.72. The van der Waals surface area contributed by atoms with Crippen molar-refractivity contribution >= 4 is 39.0 Å². The van der Waals surface area contributed by atoms with Gasteiger partial charge in [0.15, 0.2) is 0 Å². The van der Waals surface area contributed by atoms with E-state index in [2.05, 4.69) is 48.6 Å². The molecule has 0 atom stereocenters. The van der Waals surface area contributed by atoms with Gasteiger partial charge in [0.1, 0.15) is 10.8 Å². The van der Waals surface area contributed by atoms with Crippen molar-refractivity contribution in [3.8, 4) is 10.6 Å². The van der Waals surface area contributed by atoms with Gasteiger partial charge in [-0.15, -0.1) is 21.5 Å². The molecule has 0 saturated carbocycles. The molecule has 21 heavy (non-hydrogen) atoms. The standard InChI is InChI=1S/C13H12BrN5S2/c1-8-17-18-13(19(8)15)21-7-11-6-20-12(16-11)9-3-2-4-10(14)5-9/h2-6H,7,15H2,1H3. The fraction of sp³-hybridized carbons (Fsp3) is 0.154. The summed E-state index contributed by atoms with van der Waals surface area (Å²) in [5.41, 5.74) is 2.13. The third kappa shape index (κ3) is 3.28. The Bertz CT molecular complexity index is 768. The summed E-state index contributed by atoms with van der Waals surface area (Å²) in [6.45, 7) is 1.82. The normalized spacial score (nSPS) is 11.0. The number of aromatic nitrogens is 4. The summed E-state index contributed by atoms with van der Waals surface area (Å²) in [5, 5.41) is 11.7. The first-order valence-electron chi connectivity index (χ1n) is 6.14. The zero-order chi connectivity index (χ0) is 14.8. The van der Waals surface area contributed by atoms with E-state index in [0.29, 0.717) is 11.0 Å². The quantitative estimate of drug-likeness (QED) is 0.553. The highest BCUT2D eigenvalue weighted by molar-refractivity contribution is 9.10. The molecule has 108 valence electrons. The van der Waals surface area contributed by atoms with Crippen LogP contribution in [0.2, 0.25) is 0 Å². The lowest BCUT2D eigenvalue weighted by Gasteiger charge is -1.99. The lowest BCUT2D eigenvalue weighted by atomic mass is 10.2. The molecule has 2 heterocycles. The third-order valence-corrected chi connectivity index (χ3v) is 5.22. The Morgan fingerprint density at radius 3 is 2.95 bits per heavy atom. The Morgan fingerprint density at radius 2 is 2.24 bits per heavy atom. The monoisotopic (exact) mass is 381 g/mol. The molecule has 0 spiro atoms. The number of thiazole rings is 1. The molecule has 0 unspecified atom stereocenters. The summed E-state index contributed by atoms with van der Waals surface area (Å²) in [6.07, 6.45) is 0. The largest absolute Gasteiger partial charge is 0.336 e. The van der Waals surface area contributed by atoms with Crippen molar-refractivity contribution in [2.45, 2.75) is 17.8 Å². The molecule has 2 aromatic heterocycles. The highest BCUT2D eigenvalue weighted by Gasteiger charge is 2.09. The van der Waals surface area contributed by atoms with Crippen molar-refractivity contribution in [3.05, 3.63) is 45.6 Å². The Morgan fingerprint density at radius 1 is 1.38 bits per heavy atom. The van der Waals surface area contributed by atoms with E-state index in [9.17, 15) is 0 Å². The van der Waals surface area contributed by atoms with Gasteiger partial charge in [-0.05, 0) is 19.1 Å². The number of thioether (sulfide) groups is 1. The highest BCUT2D eigenvalue weighted by atomic mass is 79.9. The number of rotatable bonds is 4. The first-order valence-corrected chi connectivity index (χ1v) is 8.79. The second-order valence-electron chi connectivity index (χ2n) is 4.34. The SMILES string of the molecule is Cc1nnc(SCc2csc(-c3cccc(Br)c3)n2)n1N. The smallest absolute Gasteiger partial charge is 0.210 e. The maximum Gasteiger partial charge on any atom is 0.210 e. The highest BCUT2D eigenvalue weighted by Crippen LogP contribution is 2.28. The Hall–Kier alpha value is -1.38. The van der Waals surface area contributed by atoms with Crippen LogP contribution in [-0.2, 0) is 5.75 Å². The third-order valence-electron chi connectivity index (χ3n) is 2.81.